The Hall–Kier alpha value is -7.67. The van der Waals surface area contributed by atoms with Gasteiger partial charge in [0.2, 0.25) is 34.5 Å². The molecule has 22 nitrogen and oxygen atoms in total. The molecule has 0 spiro atoms. The molecule has 2 aliphatic rings. The molecule has 0 saturated carbocycles. The second-order valence-electron chi connectivity index (χ2n) is 15.6. The van der Waals surface area contributed by atoms with Crippen LogP contribution >= 0.6 is 34.3 Å². The number of hydrogen-bond donors (Lipinski definition) is 5. The number of carbonyl (C=O) groups excluding carboxylic acids is 2. The van der Waals surface area contributed by atoms with Crippen molar-refractivity contribution in [3.63, 3.8) is 0 Å². The molecule has 2 saturated heterocycles. The molecule has 6 aromatic heterocycles. The first-order chi connectivity index (χ1) is 34.4. The van der Waals surface area contributed by atoms with Crippen LogP contribution in [0.5, 0.6) is 34.5 Å². The summed E-state index contributed by atoms with van der Waals surface area (Å²) in [7, 11) is 9.43. The van der Waals surface area contributed by atoms with Crippen molar-refractivity contribution in [3.8, 4) is 45.9 Å². The van der Waals surface area contributed by atoms with Crippen molar-refractivity contribution in [2.45, 2.75) is 37.8 Å². The molecule has 2 fully saturated rings. The Morgan fingerprint density at radius 2 is 1.18 bits per heavy atom. The Kier molecular flexibility index (Phi) is 15.7. The molecular weight excluding hydrogens is 976 g/mol. The minimum Gasteiger partial charge on any atom is -0.493 e. The molecule has 0 bridgehead atoms. The van der Waals surface area contributed by atoms with Gasteiger partial charge in [0.1, 0.15) is 51.6 Å². The quantitative estimate of drug-likeness (QED) is 0.0675. The first kappa shape index (κ1) is 49.7. The number of nitrogens with zero attached hydrogens (tertiary/aromatic N) is 9. The molecule has 8 heterocycles. The minimum absolute atomic E-state index is 0.0463. The monoisotopic (exact) mass is 1030 g/mol. The average molecular weight is 1030 g/mol. The van der Waals surface area contributed by atoms with Crippen molar-refractivity contribution in [2.75, 3.05) is 71.3 Å². The molecule has 10 rings (SSSR count). The van der Waals surface area contributed by atoms with Crippen LogP contribution in [0.25, 0.3) is 31.8 Å². The maximum absolute atomic E-state index is 11.9. The highest BCUT2D eigenvalue weighted by atomic mass is 35.5. The molecule has 0 unspecified atom stereocenters. The van der Waals surface area contributed by atoms with Crippen LogP contribution in [-0.2, 0) is 9.59 Å². The van der Waals surface area contributed by atoms with E-state index in [1.165, 1.54) is 22.7 Å². The van der Waals surface area contributed by atoms with Gasteiger partial charge in [0.05, 0.1) is 83.2 Å². The van der Waals surface area contributed by atoms with Gasteiger partial charge in [0.25, 0.3) is 0 Å². The predicted molar refractivity (Wildman–Crippen MR) is 273 cm³/mol. The van der Waals surface area contributed by atoms with Crippen LogP contribution in [-0.4, -0.2) is 119 Å². The number of carbonyl (C=O) groups is 2. The number of benzene rings is 2. The van der Waals surface area contributed by atoms with E-state index in [0.29, 0.717) is 76.7 Å². The van der Waals surface area contributed by atoms with Gasteiger partial charge in [-0.1, -0.05) is 0 Å². The third kappa shape index (κ3) is 11.0. The molecule has 7 N–H and O–H groups in total. The SMILES string of the molecule is COc1cc(-n2cnc(Nc3nc(Cl)nc4sccc34)c2)cc(OC)c1OC.COc1cc(-n2cnc(Nc3nc(N4CCC[C@@H]4C(N)=O)nc4sccc34)c2)cc(OC)c1OC.NC(=O)[C@H]1CCCN1. The van der Waals surface area contributed by atoms with Gasteiger partial charge in [-0.2, -0.15) is 9.97 Å². The fourth-order valence-electron chi connectivity index (χ4n) is 7.95. The summed E-state index contributed by atoms with van der Waals surface area (Å²) in [6, 6.07) is 10.8. The lowest BCUT2D eigenvalue weighted by molar-refractivity contribution is -0.120. The molecule has 0 aliphatic carbocycles. The van der Waals surface area contributed by atoms with E-state index in [0.717, 1.165) is 57.6 Å². The number of anilines is 5. The summed E-state index contributed by atoms with van der Waals surface area (Å²) in [4.78, 5) is 52.6. The van der Waals surface area contributed by atoms with Gasteiger partial charge >= 0.3 is 0 Å². The van der Waals surface area contributed by atoms with E-state index >= 15 is 0 Å². The number of nitrogens with two attached hydrogens (primary N) is 2. The zero-order valence-electron chi connectivity index (χ0n) is 39.5. The lowest BCUT2D eigenvalue weighted by Gasteiger charge is -2.22. The largest absolute Gasteiger partial charge is 0.493 e. The number of rotatable bonds is 15. The average Bonchev–Trinajstić information content (AvgIpc) is 4.24. The van der Waals surface area contributed by atoms with Crippen molar-refractivity contribution in [2.24, 2.45) is 11.5 Å². The van der Waals surface area contributed by atoms with Crippen LogP contribution in [0.15, 0.2) is 72.2 Å². The fraction of sp³-hybridized carbons (Fsp3) is 0.304. The summed E-state index contributed by atoms with van der Waals surface area (Å²) >= 11 is 9.03. The molecule has 8 aromatic rings. The van der Waals surface area contributed by atoms with E-state index < -0.39 is 6.04 Å². The van der Waals surface area contributed by atoms with E-state index in [1.807, 2.05) is 73.6 Å². The minimum atomic E-state index is -0.403. The number of primary amides is 2. The van der Waals surface area contributed by atoms with Gasteiger partial charge in [-0.15, -0.1) is 22.7 Å². The van der Waals surface area contributed by atoms with Gasteiger partial charge in [-0.05, 0) is 66.7 Å². The second-order valence-corrected chi connectivity index (χ2v) is 17.8. The van der Waals surface area contributed by atoms with Gasteiger partial charge < -0.3 is 69.9 Å². The molecule has 2 aliphatic heterocycles. The van der Waals surface area contributed by atoms with Gasteiger partial charge in [-0.3, -0.25) is 9.59 Å². The highest BCUT2D eigenvalue weighted by molar-refractivity contribution is 7.17. The number of hydrogen-bond acceptors (Lipinski definition) is 20. The van der Waals surface area contributed by atoms with Crippen LogP contribution in [0, 0.1) is 0 Å². The first-order valence-corrected chi connectivity index (χ1v) is 24.1. The topological polar surface area (TPSA) is 268 Å². The second kappa shape index (κ2) is 22.4. The number of thiophene rings is 2. The summed E-state index contributed by atoms with van der Waals surface area (Å²) < 4.78 is 36.2. The van der Waals surface area contributed by atoms with Crippen molar-refractivity contribution in [1.29, 1.82) is 0 Å². The van der Waals surface area contributed by atoms with Gasteiger partial charge in [-0.25, -0.2) is 19.9 Å². The Morgan fingerprint density at radius 1 is 0.676 bits per heavy atom. The van der Waals surface area contributed by atoms with Gasteiger partial charge in [0, 0.05) is 30.8 Å². The normalized spacial score (nSPS) is 15.1. The molecule has 372 valence electrons. The molecule has 71 heavy (non-hydrogen) atoms. The Bertz CT molecular complexity index is 3110. The summed E-state index contributed by atoms with van der Waals surface area (Å²) in [5.74, 6) is 5.55. The Balaban J connectivity index is 0.000000167. The lowest BCUT2D eigenvalue weighted by atomic mass is 10.2. The fourth-order valence-corrected chi connectivity index (χ4v) is 9.70. The number of ether oxygens (including phenoxy) is 6. The van der Waals surface area contributed by atoms with Crippen LogP contribution in [0.3, 0.4) is 0 Å². The Morgan fingerprint density at radius 3 is 1.62 bits per heavy atom. The van der Waals surface area contributed by atoms with Crippen LogP contribution in [0.4, 0.5) is 29.2 Å². The summed E-state index contributed by atoms with van der Waals surface area (Å²) in [6.45, 7) is 1.62. The molecule has 25 heteroatoms. The van der Waals surface area contributed by atoms with E-state index in [1.54, 1.807) is 55.3 Å². The maximum Gasteiger partial charge on any atom is 0.240 e. The zero-order chi connectivity index (χ0) is 50.2. The maximum atomic E-state index is 11.9. The number of amides is 2. The number of nitrogens with one attached hydrogen (secondary N) is 3. The highest BCUT2D eigenvalue weighted by Crippen LogP contribution is 2.41. The van der Waals surface area contributed by atoms with Crippen LogP contribution in [0.1, 0.15) is 25.7 Å². The summed E-state index contributed by atoms with van der Waals surface area (Å²) in [6.07, 6.45) is 10.6. The van der Waals surface area contributed by atoms with Gasteiger partial charge in [0.15, 0.2) is 23.0 Å². The first-order valence-electron chi connectivity index (χ1n) is 21.9. The van der Waals surface area contributed by atoms with Crippen LogP contribution < -0.4 is 60.7 Å². The third-order valence-corrected chi connectivity index (χ3v) is 13.2. The van der Waals surface area contributed by atoms with E-state index in [2.05, 4.69) is 40.9 Å². The standard InChI is InChI=1S/C23H25N7O4S.C18H16ClN5O3S.C5H10N2O/c1-32-16-9-13(10-17(33-2)19(16)34-3)29-11-18(25-12-29)26-21-14-6-8-35-22(14)28-23(27-21)30-7-4-5-15(30)20(24)31;1-25-12-6-10(7-13(26-2)15(12)27-3)24-8-14(20-9-24)21-16-11-4-5-28-17(11)23-18(19)22-16;6-5(8)4-2-1-3-7-4/h6,8-12,15H,4-5,7H2,1-3H3,(H2,24,31)(H,26,27,28);4-9H,1-3H3,(H,21,22,23);4,7H,1-3H2,(H2,6,8)/t15-;;4-/m1.1/s1. The number of fused-ring (bicyclic) bond motifs is 2. The molecule has 2 atom stereocenters. The Labute approximate surface area is 420 Å². The molecule has 0 radical (unpaired) electrons. The molecule has 2 aromatic carbocycles. The number of aromatic nitrogens is 8. The van der Waals surface area contributed by atoms with Crippen molar-refractivity contribution >= 4 is 95.7 Å². The van der Waals surface area contributed by atoms with Crippen molar-refractivity contribution < 1.29 is 38.0 Å². The molecule has 2 amide bonds. The summed E-state index contributed by atoms with van der Waals surface area (Å²) in [5, 5.41) is 15.3. The smallest absolute Gasteiger partial charge is 0.240 e. The zero-order valence-corrected chi connectivity index (χ0v) is 41.9. The lowest BCUT2D eigenvalue weighted by Crippen LogP contribution is -2.41. The number of methoxy groups -OCH3 is 6. The van der Waals surface area contributed by atoms with E-state index in [4.69, 9.17) is 56.5 Å². The predicted octanol–water partition coefficient (Wildman–Crippen LogP) is 6.62. The van der Waals surface area contributed by atoms with E-state index in [-0.39, 0.29) is 23.1 Å². The van der Waals surface area contributed by atoms with E-state index in [9.17, 15) is 9.59 Å². The summed E-state index contributed by atoms with van der Waals surface area (Å²) in [5.41, 5.74) is 12.2. The number of halogens is 1. The van der Waals surface area contributed by atoms with Crippen molar-refractivity contribution in [3.05, 3.63) is 77.5 Å². The van der Waals surface area contributed by atoms with Crippen molar-refractivity contribution in [1.82, 2.24) is 44.4 Å². The highest BCUT2D eigenvalue weighted by Gasteiger charge is 2.32. The van der Waals surface area contributed by atoms with Crippen LogP contribution in [0.2, 0.25) is 5.28 Å². The molecular formula is C46H51ClN14O8S2. The third-order valence-electron chi connectivity index (χ3n) is 11.4. The number of imidazole rings is 2.